The Labute approximate surface area is 195 Å². The van der Waals surface area contributed by atoms with Crippen LogP contribution in [0.1, 0.15) is 0 Å². The first kappa shape index (κ1) is 21.7. The number of hydrogen-bond acceptors (Lipinski definition) is 6. The van der Waals surface area contributed by atoms with Gasteiger partial charge in [-0.1, -0.05) is 53.2 Å². The molecule has 0 radical (unpaired) electrons. The maximum atomic E-state index is 12.3. The van der Waals surface area contributed by atoms with Crippen LogP contribution in [0.5, 0.6) is 0 Å². The molecular weight excluding hydrogens is 453 g/mol. The summed E-state index contributed by atoms with van der Waals surface area (Å²) in [6, 6.07) is 17.3. The number of amides is 1. The van der Waals surface area contributed by atoms with Crippen LogP contribution in [0, 0.1) is 0 Å². The van der Waals surface area contributed by atoms with Crippen molar-refractivity contribution in [2.24, 2.45) is 0 Å². The Kier molecular flexibility index (Phi) is 7.17. The minimum Gasteiger partial charge on any atom is -0.368 e. The molecule has 1 aliphatic rings. The Morgan fingerprint density at radius 2 is 1.71 bits per heavy atom. The van der Waals surface area contributed by atoms with Gasteiger partial charge < -0.3 is 15.1 Å². The van der Waals surface area contributed by atoms with E-state index in [4.69, 9.17) is 23.2 Å². The molecule has 6 nitrogen and oxygen atoms in total. The zero-order valence-electron chi connectivity index (χ0n) is 16.7. The highest BCUT2D eigenvalue weighted by atomic mass is 35.5. The van der Waals surface area contributed by atoms with E-state index in [0.29, 0.717) is 15.7 Å². The fourth-order valence-corrected chi connectivity index (χ4v) is 4.33. The maximum Gasteiger partial charge on any atom is 0.234 e. The highest BCUT2D eigenvalue weighted by Crippen LogP contribution is 2.26. The first-order chi connectivity index (χ1) is 15.1. The van der Waals surface area contributed by atoms with Crippen molar-refractivity contribution in [3.05, 3.63) is 71.0 Å². The lowest BCUT2D eigenvalue weighted by Gasteiger charge is -2.36. The predicted molar refractivity (Wildman–Crippen MR) is 129 cm³/mol. The smallest absolute Gasteiger partial charge is 0.234 e. The summed E-state index contributed by atoms with van der Waals surface area (Å²) in [5, 5.41) is 4.50. The number of thioether (sulfide) groups is 1. The molecule has 4 rings (SSSR count). The Morgan fingerprint density at radius 3 is 2.48 bits per heavy atom. The second kappa shape index (κ2) is 10.2. The van der Waals surface area contributed by atoms with Crippen molar-refractivity contribution in [1.82, 2.24) is 9.97 Å². The van der Waals surface area contributed by atoms with E-state index in [1.54, 1.807) is 24.5 Å². The second-order valence-corrected chi connectivity index (χ2v) is 8.82. The van der Waals surface area contributed by atoms with Crippen molar-refractivity contribution in [2.75, 3.05) is 47.0 Å². The molecule has 1 saturated heterocycles. The van der Waals surface area contributed by atoms with E-state index in [0.717, 1.165) is 37.0 Å². The molecule has 3 aromatic rings. The highest BCUT2D eigenvalue weighted by molar-refractivity contribution is 7.99. The molecule has 31 heavy (non-hydrogen) atoms. The summed E-state index contributed by atoms with van der Waals surface area (Å²) in [6.07, 6.45) is 1.55. The fraction of sp³-hybridized carbons (Fsp3) is 0.227. The molecule has 1 N–H and O–H groups in total. The van der Waals surface area contributed by atoms with Crippen molar-refractivity contribution in [3.8, 4) is 0 Å². The highest BCUT2D eigenvalue weighted by Gasteiger charge is 2.19. The molecule has 0 spiro atoms. The zero-order chi connectivity index (χ0) is 21.6. The summed E-state index contributed by atoms with van der Waals surface area (Å²) in [4.78, 5) is 25.7. The molecule has 1 fully saturated rings. The Morgan fingerprint density at radius 1 is 0.968 bits per heavy atom. The van der Waals surface area contributed by atoms with Crippen molar-refractivity contribution in [1.29, 1.82) is 0 Å². The van der Waals surface area contributed by atoms with Gasteiger partial charge in [-0.25, -0.2) is 9.97 Å². The molecule has 1 amide bonds. The molecule has 0 atom stereocenters. The predicted octanol–water partition coefficient (Wildman–Crippen LogP) is 4.84. The summed E-state index contributed by atoms with van der Waals surface area (Å²) in [5.74, 6) is 0.912. The van der Waals surface area contributed by atoms with Gasteiger partial charge in [-0.3, -0.25) is 4.79 Å². The van der Waals surface area contributed by atoms with Gasteiger partial charge in [-0.05, 0) is 30.3 Å². The lowest BCUT2D eigenvalue weighted by Crippen LogP contribution is -2.46. The lowest BCUT2D eigenvalue weighted by molar-refractivity contribution is -0.113. The summed E-state index contributed by atoms with van der Waals surface area (Å²) in [6.45, 7) is 3.62. The number of hydrogen-bond donors (Lipinski definition) is 1. The van der Waals surface area contributed by atoms with E-state index in [1.165, 1.54) is 17.4 Å². The van der Waals surface area contributed by atoms with E-state index in [2.05, 4.69) is 49.4 Å². The number of para-hydroxylation sites is 1. The molecule has 160 valence electrons. The van der Waals surface area contributed by atoms with Crippen LogP contribution in [0.2, 0.25) is 10.0 Å². The molecule has 2 aromatic carbocycles. The molecule has 9 heteroatoms. The number of nitrogens with zero attached hydrogens (tertiary/aromatic N) is 4. The number of aromatic nitrogens is 2. The second-order valence-electron chi connectivity index (χ2n) is 6.99. The average Bonchev–Trinajstić information content (AvgIpc) is 2.81. The SMILES string of the molecule is O=C(CSc1cc(N2CCN(c3ccccc3)CC2)ncn1)Nc1cc(Cl)ccc1Cl. The van der Waals surface area contributed by atoms with Crippen molar-refractivity contribution in [2.45, 2.75) is 5.03 Å². The van der Waals surface area contributed by atoms with E-state index in [9.17, 15) is 4.79 Å². The first-order valence-corrected chi connectivity index (χ1v) is 11.6. The normalized spacial score (nSPS) is 13.9. The summed E-state index contributed by atoms with van der Waals surface area (Å²) >= 11 is 13.4. The van der Waals surface area contributed by atoms with E-state index in [-0.39, 0.29) is 11.7 Å². The van der Waals surface area contributed by atoms with Gasteiger partial charge in [0.2, 0.25) is 5.91 Å². The summed E-state index contributed by atoms with van der Waals surface area (Å²) in [5.41, 5.74) is 1.74. The van der Waals surface area contributed by atoms with Gasteiger partial charge in [0.25, 0.3) is 0 Å². The van der Waals surface area contributed by atoms with Crippen LogP contribution in [0.25, 0.3) is 0 Å². The fourth-order valence-electron chi connectivity index (χ4n) is 3.33. The molecule has 1 aliphatic heterocycles. The lowest BCUT2D eigenvalue weighted by atomic mass is 10.2. The third-order valence-electron chi connectivity index (χ3n) is 4.91. The van der Waals surface area contributed by atoms with Crippen LogP contribution in [0.3, 0.4) is 0 Å². The Hall–Kier alpha value is -2.48. The minimum absolute atomic E-state index is 0.175. The monoisotopic (exact) mass is 473 g/mol. The van der Waals surface area contributed by atoms with Crippen LogP contribution in [-0.2, 0) is 4.79 Å². The average molecular weight is 474 g/mol. The summed E-state index contributed by atoms with van der Waals surface area (Å²) < 4.78 is 0. The van der Waals surface area contributed by atoms with Crippen LogP contribution >= 0.6 is 35.0 Å². The molecule has 1 aromatic heterocycles. The topological polar surface area (TPSA) is 61.4 Å². The van der Waals surface area contributed by atoms with Gasteiger partial charge in [-0.2, -0.15) is 0 Å². The zero-order valence-corrected chi connectivity index (χ0v) is 19.0. The quantitative estimate of drug-likeness (QED) is 0.408. The third kappa shape index (κ3) is 5.81. The van der Waals surface area contributed by atoms with Crippen LogP contribution in [-0.4, -0.2) is 47.8 Å². The van der Waals surface area contributed by atoms with Gasteiger partial charge >= 0.3 is 0 Å². The molecular formula is C22H21Cl2N5OS. The van der Waals surface area contributed by atoms with Crippen molar-refractivity contribution >= 4 is 58.1 Å². The number of piperazine rings is 1. The summed E-state index contributed by atoms with van der Waals surface area (Å²) in [7, 11) is 0. The Balaban J connectivity index is 1.31. The van der Waals surface area contributed by atoms with Gasteiger partial charge in [0.1, 0.15) is 17.2 Å². The van der Waals surface area contributed by atoms with E-state index >= 15 is 0 Å². The van der Waals surface area contributed by atoms with Gasteiger partial charge in [0.15, 0.2) is 0 Å². The van der Waals surface area contributed by atoms with Crippen LogP contribution < -0.4 is 15.1 Å². The number of nitrogens with one attached hydrogen (secondary N) is 1. The van der Waals surface area contributed by atoms with Gasteiger partial charge in [-0.15, -0.1) is 0 Å². The number of carbonyl (C=O) groups is 1. The standard InChI is InChI=1S/C22H21Cl2N5OS/c23-16-6-7-18(24)19(12-16)27-21(30)14-31-22-13-20(25-15-26-22)29-10-8-28(9-11-29)17-4-2-1-3-5-17/h1-7,12-13,15H,8-11,14H2,(H,27,30). The van der Waals surface area contributed by atoms with Gasteiger partial charge in [0.05, 0.1) is 16.5 Å². The molecule has 2 heterocycles. The number of halogens is 2. The maximum absolute atomic E-state index is 12.3. The van der Waals surface area contributed by atoms with Crippen molar-refractivity contribution in [3.63, 3.8) is 0 Å². The molecule has 0 unspecified atom stereocenters. The molecule has 0 saturated carbocycles. The minimum atomic E-state index is -0.175. The van der Waals surface area contributed by atoms with E-state index < -0.39 is 0 Å². The van der Waals surface area contributed by atoms with Crippen LogP contribution in [0.15, 0.2) is 66.0 Å². The first-order valence-electron chi connectivity index (χ1n) is 9.83. The number of rotatable bonds is 6. The number of benzene rings is 2. The van der Waals surface area contributed by atoms with E-state index in [1.807, 2.05) is 12.1 Å². The molecule has 0 bridgehead atoms. The largest absolute Gasteiger partial charge is 0.368 e. The van der Waals surface area contributed by atoms with Crippen LogP contribution in [0.4, 0.5) is 17.2 Å². The third-order valence-corrected chi connectivity index (χ3v) is 6.40. The van der Waals surface area contributed by atoms with Crippen molar-refractivity contribution < 1.29 is 4.79 Å². The van der Waals surface area contributed by atoms with Gasteiger partial charge in [0, 0.05) is 43.0 Å². The Bertz CT molecular complexity index is 1050. The number of anilines is 3. The number of carbonyl (C=O) groups excluding carboxylic acids is 1. The molecule has 0 aliphatic carbocycles.